The van der Waals surface area contributed by atoms with Crippen molar-refractivity contribution in [1.82, 2.24) is 29.7 Å². The predicted molar refractivity (Wildman–Crippen MR) is 131 cm³/mol. The van der Waals surface area contributed by atoms with Crippen molar-refractivity contribution in [3.05, 3.63) is 65.9 Å². The number of nitrogens with zero attached hydrogens (tertiary/aromatic N) is 8. The molecule has 4 aromatic rings. The third-order valence-corrected chi connectivity index (χ3v) is 7.13. The topological polar surface area (TPSA) is 78.8 Å². The zero-order chi connectivity index (χ0) is 23.2. The Morgan fingerprint density at radius 2 is 1.79 bits per heavy atom. The molecule has 0 radical (unpaired) electrons. The maximum atomic E-state index is 9.11. The first-order chi connectivity index (χ1) is 16.6. The summed E-state index contributed by atoms with van der Waals surface area (Å²) in [7, 11) is 4.35. The van der Waals surface area contributed by atoms with E-state index in [0.717, 1.165) is 48.0 Å². The molecule has 2 aromatic carbocycles. The number of anilines is 1. The Kier molecular flexibility index (Phi) is 4.93. The standard InChI is InChI=1S/C26H26N8/c1-31(2)22-9-11-32(12-10-22)23-7-8-24-21(13-23)17-33-16-20(19-5-3-18(15-27)4-6-19)14-25(33)26-28-29-30-34(24)26/h3-8,13-14,16,22H,9-12,17H2,1-2H3. The molecule has 4 heterocycles. The van der Waals surface area contributed by atoms with E-state index in [9.17, 15) is 0 Å². The van der Waals surface area contributed by atoms with E-state index in [1.807, 2.05) is 28.9 Å². The molecule has 34 heavy (non-hydrogen) atoms. The van der Waals surface area contributed by atoms with E-state index in [2.05, 4.69) is 80.5 Å². The van der Waals surface area contributed by atoms with Gasteiger partial charge in [0.1, 0.15) is 0 Å². The van der Waals surface area contributed by atoms with Gasteiger partial charge in [-0.05, 0) is 84.9 Å². The third-order valence-electron chi connectivity index (χ3n) is 7.13. The molecule has 0 aliphatic carbocycles. The molecule has 0 amide bonds. The molecule has 1 saturated heterocycles. The summed E-state index contributed by atoms with van der Waals surface area (Å²) in [5, 5.41) is 21.8. The second-order valence-electron chi connectivity index (χ2n) is 9.34. The van der Waals surface area contributed by atoms with E-state index in [-0.39, 0.29) is 0 Å². The SMILES string of the molecule is CN(C)C1CCN(c2ccc3c(c2)Cn2cc(-c4ccc(C#N)cc4)cc2-c2nnnn2-3)CC1. The Labute approximate surface area is 198 Å². The number of aromatic nitrogens is 5. The van der Waals surface area contributed by atoms with Crippen LogP contribution in [0.2, 0.25) is 0 Å². The first-order valence-electron chi connectivity index (χ1n) is 11.6. The number of tetrazole rings is 1. The minimum atomic E-state index is 0.656. The quantitative estimate of drug-likeness (QED) is 0.418. The van der Waals surface area contributed by atoms with Gasteiger partial charge in [-0.3, -0.25) is 0 Å². The van der Waals surface area contributed by atoms with Crippen LogP contribution >= 0.6 is 0 Å². The molecule has 0 saturated carbocycles. The van der Waals surface area contributed by atoms with Gasteiger partial charge in [0.15, 0.2) is 0 Å². The molecule has 8 nitrogen and oxygen atoms in total. The van der Waals surface area contributed by atoms with Crippen molar-refractivity contribution in [2.24, 2.45) is 0 Å². The van der Waals surface area contributed by atoms with Crippen LogP contribution in [0, 0.1) is 11.3 Å². The summed E-state index contributed by atoms with van der Waals surface area (Å²) in [6.07, 6.45) is 4.51. The van der Waals surface area contributed by atoms with Crippen LogP contribution in [0.1, 0.15) is 24.0 Å². The van der Waals surface area contributed by atoms with E-state index < -0.39 is 0 Å². The van der Waals surface area contributed by atoms with Crippen LogP contribution < -0.4 is 4.90 Å². The van der Waals surface area contributed by atoms with Gasteiger partial charge in [0.25, 0.3) is 0 Å². The maximum absolute atomic E-state index is 9.11. The Bertz CT molecular complexity index is 1380. The minimum Gasteiger partial charge on any atom is -0.371 e. The number of fused-ring (bicyclic) bond motifs is 5. The molecule has 2 aromatic heterocycles. The van der Waals surface area contributed by atoms with Gasteiger partial charge in [0.05, 0.1) is 23.0 Å². The molecule has 0 bridgehead atoms. The molecule has 6 rings (SSSR count). The fourth-order valence-corrected chi connectivity index (χ4v) is 5.16. The van der Waals surface area contributed by atoms with Crippen LogP contribution in [0.15, 0.2) is 54.7 Å². The first-order valence-corrected chi connectivity index (χ1v) is 11.6. The molecule has 2 aliphatic heterocycles. The van der Waals surface area contributed by atoms with E-state index in [4.69, 9.17) is 5.26 Å². The number of hydrogen-bond donors (Lipinski definition) is 0. The van der Waals surface area contributed by atoms with Gasteiger partial charge < -0.3 is 14.4 Å². The van der Waals surface area contributed by atoms with Crippen molar-refractivity contribution in [1.29, 1.82) is 5.26 Å². The maximum Gasteiger partial charge on any atom is 0.203 e. The van der Waals surface area contributed by atoms with Gasteiger partial charge in [0, 0.05) is 43.1 Å². The molecular formula is C26H26N8. The Balaban J connectivity index is 1.36. The highest BCUT2D eigenvalue weighted by atomic mass is 15.5. The summed E-state index contributed by atoms with van der Waals surface area (Å²) in [4.78, 5) is 4.83. The van der Waals surface area contributed by atoms with Crippen molar-refractivity contribution in [2.45, 2.75) is 25.4 Å². The van der Waals surface area contributed by atoms with Crippen LogP contribution in [0.3, 0.4) is 0 Å². The largest absolute Gasteiger partial charge is 0.371 e. The fourth-order valence-electron chi connectivity index (χ4n) is 5.16. The number of nitriles is 1. The van der Waals surface area contributed by atoms with Crippen LogP contribution in [0.25, 0.3) is 28.3 Å². The Morgan fingerprint density at radius 3 is 2.53 bits per heavy atom. The summed E-state index contributed by atoms with van der Waals surface area (Å²) in [5.74, 6) is 0.734. The number of rotatable bonds is 3. The zero-order valence-electron chi connectivity index (χ0n) is 19.4. The molecule has 0 spiro atoms. The fraction of sp³-hybridized carbons (Fsp3) is 0.308. The van der Waals surface area contributed by atoms with Gasteiger partial charge in [-0.1, -0.05) is 12.1 Å². The van der Waals surface area contributed by atoms with Crippen molar-refractivity contribution in [3.63, 3.8) is 0 Å². The Morgan fingerprint density at radius 1 is 1.00 bits per heavy atom. The summed E-state index contributed by atoms with van der Waals surface area (Å²) in [6.45, 7) is 2.86. The summed E-state index contributed by atoms with van der Waals surface area (Å²) >= 11 is 0. The predicted octanol–water partition coefficient (Wildman–Crippen LogP) is 3.56. The lowest BCUT2D eigenvalue weighted by Crippen LogP contribution is -2.42. The van der Waals surface area contributed by atoms with Gasteiger partial charge in [0.2, 0.25) is 5.82 Å². The van der Waals surface area contributed by atoms with Gasteiger partial charge in [-0.15, -0.1) is 5.10 Å². The Hall–Kier alpha value is -3.96. The van der Waals surface area contributed by atoms with Gasteiger partial charge >= 0.3 is 0 Å². The average Bonchev–Trinajstić information content (AvgIpc) is 3.49. The van der Waals surface area contributed by atoms with Crippen molar-refractivity contribution >= 4 is 5.69 Å². The van der Waals surface area contributed by atoms with Crippen LogP contribution in [0.4, 0.5) is 5.69 Å². The number of hydrogen-bond acceptors (Lipinski definition) is 6. The lowest BCUT2D eigenvalue weighted by atomic mass is 10.0. The molecule has 0 atom stereocenters. The minimum absolute atomic E-state index is 0.656. The van der Waals surface area contributed by atoms with Crippen molar-refractivity contribution < 1.29 is 0 Å². The highest BCUT2D eigenvalue weighted by Crippen LogP contribution is 2.35. The highest BCUT2D eigenvalue weighted by Gasteiger charge is 2.25. The van der Waals surface area contributed by atoms with E-state index in [0.29, 0.717) is 11.6 Å². The van der Waals surface area contributed by atoms with Gasteiger partial charge in [-0.2, -0.15) is 9.94 Å². The highest BCUT2D eigenvalue weighted by molar-refractivity contribution is 5.72. The summed E-state index contributed by atoms with van der Waals surface area (Å²) in [6, 6.07) is 19.3. The molecule has 8 heteroatoms. The molecule has 2 aliphatic rings. The van der Waals surface area contributed by atoms with Crippen LogP contribution in [-0.4, -0.2) is 62.9 Å². The van der Waals surface area contributed by atoms with E-state index in [1.165, 1.54) is 24.1 Å². The average molecular weight is 451 g/mol. The van der Waals surface area contributed by atoms with Crippen LogP contribution in [-0.2, 0) is 6.54 Å². The summed E-state index contributed by atoms with van der Waals surface area (Å²) in [5.41, 5.74) is 7.26. The van der Waals surface area contributed by atoms with Crippen molar-refractivity contribution in [2.75, 3.05) is 32.1 Å². The number of benzene rings is 2. The third kappa shape index (κ3) is 3.45. The van der Waals surface area contributed by atoms with Crippen molar-refractivity contribution in [3.8, 4) is 34.4 Å². The molecule has 1 fully saturated rings. The lowest BCUT2D eigenvalue weighted by Gasteiger charge is -2.36. The van der Waals surface area contributed by atoms with E-state index in [1.54, 1.807) is 0 Å². The zero-order valence-corrected chi connectivity index (χ0v) is 19.4. The second-order valence-corrected chi connectivity index (χ2v) is 9.34. The lowest BCUT2D eigenvalue weighted by molar-refractivity contribution is 0.249. The molecule has 0 N–H and O–H groups in total. The van der Waals surface area contributed by atoms with E-state index >= 15 is 0 Å². The second kappa shape index (κ2) is 8.12. The normalized spacial score (nSPS) is 15.4. The molecule has 0 unspecified atom stereocenters. The molecular weight excluding hydrogens is 424 g/mol. The monoisotopic (exact) mass is 450 g/mol. The first kappa shape index (κ1) is 20.6. The molecule has 170 valence electrons. The number of piperidine rings is 1. The smallest absolute Gasteiger partial charge is 0.203 e. The van der Waals surface area contributed by atoms with Crippen LogP contribution in [0.5, 0.6) is 0 Å². The van der Waals surface area contributed by atoms with Gasteiger partial charge in [-0.25, -0.2) is 0 Å². The summed E-state index contributed by atoms with van der Waals surface area (Å²) < 4.78 is 4.07.